The van der Waals surface area contributed by atoms with Crippen LogP contribution in [0.25, 0.3) is 0 Å². The van der Waals surface area contributed by atoms with Crippen LogP contribution in [-0.4, -0.2) is 15.4 Å². The van der Waals surface area contributed by atoms with Gasteiger partial charge in [0.05, 0.1) is 9.04 Å². The number of hydrogen-bond donors (Lipinski definition) is 1. The summed E-state index contributed by atoms with van der Waals surface area (Å²) in [7, 11) is 0. The molecule has 0 aliphatic rings. The molecule has 2 atom stereocenters. The zero-order chi connectivity index (χ0) is 12.3. The predicted molar refractivity (Wildman–Crippen MR) is 78.8 cm³/mol. The highest BCUT2D eigenvalue weighted by atomic mass is 79.9. The number of thioether (sulfide) groups is 1. The molecule has 2 aromatic heterocycles. The van der Waals surface area contributed by atoms with Crippen LogP contribution in [0, 0.1) is 0 Å². The van der Waals surface area contributed by atoms with Crippen LogP contribution in [0.4, 0.5) is 0 Å². The molecule has 17 heavy (non-hydrogen) atoms. The minimum atomic E-state index is 0.134. The van der Waals surface area contributed by atoms with Gasteiger partial charge in [-0.1, -0.05) is 18.7 Å². The lowest BCUT2D eigenvalue weighted by Gasteiger charge is -2.19. The van der Waals surface area contributed by atoms with E-state index in [0.717, 1.165) is 14.5 Å². The van der Waals surface area contributed by atoms with Crippen molar-refractivity contribution in [1.82, 2.24) is 9.36 Å². The lowest BCUT2D eigenvalue weighted by Crippen LogP contribution is -2.25. The average molecular weight is 350 g/mol. The Morgan fingerprint density at radius 1 is 1.53 bits per heavy atom. The van der Waals surface area contributed by atoms with Gasteiger partial charge in [-0.15, -0.1) is 11.3 Å². The van der Waals surface area contributed by atoms with Gasteiger partial charge in [-0.05, 0) is 46.0 Å². The fourth-order valence-corrected chi connectivity index (χ4v) is 4.92. The molecule has 0 saturated carbocycles. The van der Waals surface area contributed by atoms with Crippen LogP contribution in [-0.2, 0) is 0 Å². The summed E-state index contributed by atoms with van der Waals surface area (Å²) >= 11 is 8.35. The highest BCUT2D eigenvalue weighted by Crippen LogP contribution is 2.42. The van der Waals surface area contributed by atoms with Crippen LogP contribution >= 0.6 is 50.6 Å². The van der Waals surface area contributed by atoms with E-state index in [9.17, 15) is 0 Å². The summed E-state index contributed by atoms with van der Waals surface area (Å²) in [5.41, 5.74) is 6.20. The fraction of sp³-hybridized carbons (Fsp3) is 0.400. The number of nitrogens with zero attached hydrogens (tertiary/aromatic N) is 2. The molecular weight excluding hydrogens is 338 g/mol. The van der Waals surface area contributed by atoms with E-state index in [4.69, 9.17) is 5.73 Å². The van der Waals surface area contributed by atoms with E-state index in [1.165, 1.54) is 16.4 Å². The van der Waals surface area contributed by atoms with Crippen molar-refractivity contribution < 1.29 is 0 Å². The smallest absolute Gasteiger partial charge is 0.170 e. The standard InChI is InChI=1S/C10H12BrN3S3/c1-2-6(12)9(7-3-4-8(11)15-7)16-10-13-5-14-17-10/h3-6,9H,2,12H2,1H3. The number of nitrogens with two attached hydrogens (primary N) is 1. The van der Waals surface area contributed by atoms with E-state index < -0.39 is 0 Å². The van der Waals surface area contributed by atoms with E-state index in [1.807, 2.05) is 0 Å². The zero-order valence-corrected chi connectivity index (χ0v) is 13.2. The molecule has 3 nitrogen and oxygen atoms in total. The maximum atomic E-state index is 6.20. The van der Waals surface area contributed by atoms with Gasteiger partial charge in [0.25, 0.3) is 0 Å². The van der Waals surface area contributed by atoms with Crippen molar-refractivity contribution in [2.45, 2.75) is 29.0 Å². The minimum absolute atomic E-state index is 0.134. The Morgan fingerprint density at radius 3 is 2.88 bits per heavy atom. The fourth-order valence-electron chi connectivity index (χ4n) is 1.38. The SMILES string of the molecule is CCC(N)C(Sc1ncns1)c1ccc(Br)s1. The second kappa shape index (κ2) is 6.29. The highest BCUT2D eigenvalue weighted by Gasteiger charge is 2.22. The van der Waals surface area contributed by atoms with E-state index in [2.05, 4.69) is 44.3 Å². The maximum Gasteiger partial charge on any atom is 0.170 e. The van der Waals surface area contributed by atoms with E-state index in [-0.39, 0.29) is 11.3 Å². The van der Waals surface area contributed by atoms with Gasteiger partial charge in [-0.25, -0.2) is 4.98 Å². The first-order valence-electron chi connectivity index (χ1n) is 5.15. The Morgan fingerprint density at radius 2 is 2.35 bits per heavy atom. The Kier molecular flexibility index (Phi) is 4.98. The number of hydrogen-bond acceptors (Lipinski definition) is 6. The molecule has 0 aliphatic heterocycles. The summed E-state index contributed by atoms with van der Waals surface area (Å²) in [5, 5.41) is 0.254. The van der Waals surface area contributed by atoms with Crippen LogP contribution < -0.4 is 5.73 Å². The molecule has 0 saturated heterocycles. The molecule has 0 bridgehead atoms. The van der Waals surface area contributed by atoms with Gasteiger partial charge in [0.15, 0.2) is 4.34 Å². The molecular formula is C10H12BrN3S3. The van der Waals surface area contributed by atoms with Crippen molar-refractivity contribution >= 4 is 50.6 Å². The molecule has 0 spiro atoms. The third-order valence-corrected chi connectivity index (χ3v) is 6.30. The van der Waals surface area contributed by atoms with E-state index in [0.29, 0.717) is 0 Å². The van der Waals surface area contributed by atoms with E-state index in [1.54, 1.807) is 29.4 Å². The monoisotopic (exact) mass is 349 g/mol. The topological polar surface area (TPSA) is 51.8 Å². The summed E-state index contributed by atoms with van der Waals surface area (Å²) in [4.78, 5) is 5.50. The van der Waals surface area contributed by atoms with Crippen molar-refractivity contribution in [3.05, 3.63) is 27.1 Å². The highest BCUT2D eigenvalue weighted by molar-refractivity contribution is 9.11. The van der Waals surface area contributed by atoms with Crippen molar-refractivity contribution in [3.8, 4) is 0 Å². The second-order valence-corrected chi connectivity index (χ2v) is 8.12. The Labute approximate surface area is 121 Å². The van der Waals surface area contributed by atoms with Gasteiger partial charge >= 0.3 is 0 Å². The van der Waals surface area contributed by atoms with E-state index >= 15 is 0 Å². The normalized spacial score (nSPS) is 14.8. The molecule has 2 unspecified atom stereocenters. The first-order chi connectivity index (χ1) is 8.20. The van der Waals surface area contributed by atoms with Gasteiger partial charge in [-0.2, -0.15) is 4.37 Å². The van der Waals surface area contributed by atoms with Crippen LogP contribution in [0.1, 0.15) is 23.5 Å². The van der Waals surface area contributed by atoms with Gasteiger partial charge < -0.3 is 5.73 Å². The maximum absolute atomic E-state index is 6.20. The molecule has 2 rings (SSSR count). The van der Waals surface area contributed by atoms with Crippen molar-refractivity contribution in [3.63, 3.8) is 0 Å². The third-order valence-electron chi connectivity index (χ3n) is 2.30. The molecule has 0 aliphatic carbocycles. The Bertz CT molecular complexity index is 457. The second-order valence-electron chi connectivity index (χ2n) is 3.46. The summed E-state index contributed by atoms with van der Waals surface area (Å²) in [5.74, 6) is 0. The summed E-state index contributed by atoms with van der Waals surface area (Å²) in [6.45, 7) is 2.11. The van der Waals surface area contributed by atoms with Crippen LogP contribution in [0.2, 0.25) is 0 Å². The van der Waals surface area contributed by atoms with Gasteiger partial charge in [0, 0.05) is 10.9 Å². The summed E-state index contributed by atoms with van der Waals surface area (Å²) in [6, 6.07) is 4.33. The average Bonchev–Trinajstić information content (AvgIpc) is 2.96. The van der Waals surface area contributed by atoms with Crippen LogP contribution in [0.5, 0.6) is 0 Å². The van der Waals surface area contributed by atoms with Gasteiger partial charge in [0.1, 0.15) is 6.33 Å². The quantitative estimate of drug-likeness (QED) is 0.830. The number of halogens is 1. The molecule has 2 heterocycles. The Hall–Kier alpha value is 0.0500. The lowest BCUT2D eigenvalue weighted by atomic mass is 10.1. The summed E-state index contributed by atoms with van der Waals surface area (Å²) in [6.07, 6.45) is 2.54. The first-order valence-corrected chi connectivity index (χ1v) is 8.41. The minimum Gasteiger partial charge on any atom is -0.326 e. The molecule has 92 valence electrons. The first kappa shape index (κ1) is 13.5. The molecule has 0 fully saturated rings. The number of aromatic nitrogens is 2. The molecule has 0 aromatic carbocycles. The zero-order valence-electron chi connectivity index (χ0n) is 9.17. The summed E-state index contributed by atoms with van der Waals surface area (Å²) < 4.78 is 6.14. The van der Waals surface area contributed by atoms with Crippen LogP contribution in [0.3, 0.4) is 0 Å². The lowest BCUT2D eigenvalue weighted by molar-refractivity contribution is 0.640. The molecule has 0 amide bonds. The van der Waals surface area contributed by atoms with Crippen molar-refractivity contribution in [2.75, 3.05) is 0 Å². The largest absolute Gasteiger partial charge is 0.326 e. The van der Waals surface area contributed by atoms with Crippen LogP contribution in [0.15, 0.2) is 26.6 Å². The third kappa shape index (κ3) is 3.51. The van der Waals surface area contributed by atoms with Gasteiger partial charge in [-0.3, -0.25) is 0 Å². The molecule has 7 heteroatoms. The number of rotatable bonds is 5. The molecule has 2 N–H and O–H groups in total. The van der Waals surface area contributed by atoms with Crippen molar-refractivity contribution in [1.29, 1.82) is 0 Å². The number of thiophene rings is 1. The van der Waals surface area contributed by atoms with Crippen molar-refractivity contribution in [2.24, 2.45) is 5.73 Å². The predicted octanol–water partition coefficient (Wildman–Crippen LogP) is 3.93. The molecule has 2 aromatic rings. The Balaban J connectivity index is 2.19. The molecule has 0 radical (unpaired) electrons. The van der Waals surface area contributed by atoms with Gasteiger partial charge in [0.2, 0.25) is 0 Å².